The molecule has 0 aromatic carbocycles. The number of sulfonamides is 1. The lowest BCUT2D eigenvalue weighted by molar-refractivity contribution is 0.0642. The first kappa shape index (κ1) is 19.2. The summed E-state index contributed by atoms with van der Waals surface area (Å²) in [7, 11) is -3.57. The van der Waals surface area contributed by atoms with Crippen LogP contribution in [0.4, 0.5) is 0 Å². The van der Waals surface area contributed by atoms with Gasteiger partial charge in [0.25, 0.3) is 21.8 Å². The fourth-order valence-corrected chi connectivity index (χ4v) is 7.10. The molecule has 2 atom stereocenters. The van der Waals surface area contributed by atoms with Gasteiger partial charge < -0.3 is 0 Å². The molecule has 0 aliphatic carbocycles. The minimum atomic E-state index is -3.57. The maximum Gasteiger partial charge on any atom is 0.280 e. The van der Waals surface area contributed by atoms with Gasteiger partial charge >= 0.3 is 0 Å². The van der Waals surface area contributed by atoms with E-state index in [2.05, 4.69) is 18.8 Å². The van der Waals surface area contributed by atoms with Gasteiger partial charge in [0.1, 0.15) is 9.90 Å². The van der Waals surface area contributed by atoms with Gasteiger partial charge in [-0.2, -0.15) is 4.31 Å². The van der Waals surface area contributed by atoms with E-state index < -0.39 is 21.8 Å². The maximum absolute atomic E-state index is 13.0. The van der Waals surface area contributed by atoms with Gasteiger partial charge in [0.15, 0.2) is 0 Å². The Morgan fingerprint density at radius 1 is 1.11 bits per heavy atom. The molecule has 2 aliphatic heterocycles. The third-order valence-electron chi connectivity index (χ3n) is 5.11. The molecule has 0 saturated carbocycles. The fourth-order valence-electron chi connectivity index (χ4n) is 3.92. The molecule has 0 spiro atoms. The van der Waals surface area contributed by atoms with Gasteiger partial charge in [-0.05, 0) is 42.5 Å². The predicted molar refractivity (Wildman–Crippen MR) is 104 cm³/mol. The Morgan fingerprint density at radius 3 is 2.50 bits per heavy atom. The molecule has 2 aromatic rings. The van der Waals surface area contributed by atoms with Gasteiger partial charge in [-0.25, -0.2) is 8.42 Å². The number of fused-ring (bicyclic) bond motifs is 1. The van der Waals surface area contributed by atoms with Crippen molar-refractivity contribution in [3.05, 3.63) is 46.6 Å². The van der Waals surface area contributed by atoms with Crippen molar-refractivity contribution < 1.29 is 18.0 Å². The van der Waals surface area contributed by atoms with Crippen LogP contribution in [0.5, 0.6) is 0 Å². The van der Waals surface area contributed by atoms with Crippen LogP contribution in [-0.4, -0.2) is 47.5 Å². The number of thiophene rings is 1. The first-order valence-electron chi connectivity index (χ1n) is 9.17. The molecule has 0 radical (unpaired) electrons. The highest BCUT2D eigenvalue weighted by atomic mass is 32.2. The molecule has 1 saturated heterocycles. The molecule has 2 amide bonds. The number of aromatic nitrogens is 1. The second-order valence-electron chi connectivity index (χ2n) is 7.58. The van der Waals surface area contributed by atoms with Crippen molar-refractivity contribution in [2.75, 3.05) is 13.1 Å². The van der Waals surface area contributed by atoms with Crippen molar-refractivity contribution in [3.8, 4) is 0 Å². The molecule has 2 aliphatic rings. The van der Waals surface area contributed by atoms with Crippen LogP contribution >= 0.6 is 11.3 Å². The first-order valence-corrected chi connectivity index (χ1v) is 11.4. The lowest BCUT2D eigenvalue weighted by atomic mass is 9.94. The van der Waals surface area contributed by atoms with Crippen LogP contribution in [0.2, 0.25) is 0 Å². The topological polar surface area (TPSA) is 87.7 Å². The van der Waals surface area contributed by atoms with E-state index in [0.717, 1.165) is 22.7 Å². The molecule has 0 unspecified atom stereocenters. The summed E-state index contributed by atoms with van der Waals surface area (Å²) in [4.78, 5) is 30.7. The Kier molecular flexibility index (Phi) is 4.84. The Balaban J connectivity index is 1.54. The molecule has 148 valence electrons. The van der Waals surface area contributed by atoms with E-state index in [1.807, 2.05) is 0 Å². The molecule has 0 bridgehead atoms. The van der Waals surface area contributed by atoms with Crippen molar-refractivity contribution in [3.63, 3.8) is 0 Å². The van der Waals surface area contributed by atoms with Crippen LogP contribution in [0.3, 0.4) is 0 Å². The smallest absolute Gasteiger partial charge is 0.268 e. The van der Waals surface area contributed by atoms with Crippen molar-refractivity contribution >= 4 is 33.2 Å². The Hall–Kier alpha value is -2.10. The molecule has 28 heavy (non-hydrogen) atoms. The van der Waals surface area contributed by atoms with Crippen molar-refractivity contribution in [1.29, 1.82) is 0 Å². The second kappa shape index (κ2) is 7.06. The van der Waals surface area contributed by atoms with Crippen molar-refractivity contribution in [2.45, 2.75) is 31.0 Å². The van der Waals surface area contributed by atoms with Gasteiger partial charge in [0.2, 0.25) is 0 Å². The third-order valence-corrected chi connectivity index (χ3v) is 8.48. The van der Waals surface area contributed by atoms with Gasteiger partial charge in [-0.15, -0.1) is 11.3 Å². The molecule has 2 aromatic heterocycles. The number of amides is 2. The number of carbonyl (C=O) groups is 2. The average molecular weight is 420 g/mol. The number of piperidine rings is 1. The predicted octanol–water partition coefficient (Wildman–Crippen LogP) is 2.61. The fraction of sp³-hybridized carbons (Fsp3) is 0.421. The SMILES string of the molecule is C[C@H]1C[C@H](C)CN(S(=O)(=O)c2ccc(CN3C(=O)c4cccnc4C3=O)s2)C1. The van der Waals surface area contributed by atoms with E-state index in [-0.39, 0.29) is 22.0 Å². The highest BCUT2D eigenvalue weighted by molar-refractivity contribution is 7.91. The van der Waals surface area contributed by atoms with E-state index in [4.69, 9.17) is 0 Å². The molecule has 1 fully saturated rings. The quantitative estimate of drug-likeness (QED) is 0.711. The highest BCUT2D eigenvalue weighted by Gasteiger charge is 2.37. The van der Waals surface area contributed by atoms with Crippen LogP contribution in [0.25, 0.3) is 0 Å². The maximum atomic E-state index is 13.0. The first-order chi connectivity index (χ1) is 13.3. The van der Waals surface area contributed by atoms with E-state index in [1.165, 1.54) is 6.20 Å². The Labute approximate surface area is 168 Å². The van der Waals surface area contributed by atoms with E-state index in [0.29, 0.717) is 29.8 Å². The molecule has 7 nitrogen and oxygen atoms in total. The summed E-state index contributed by atoms with van der Waals surface area (Å²) in [6.45, 7) is 5.21. The number of hydrogen-bond acceptors (Lipinski definition) is 6. The van der Waals surface area contributed by atoms with Gasteiger partial charge in [0.05, 0.1) is 12.1 Å². The summed E-state index contributed by atoms with van der Waals surface area (Å²) in [5.41, 5.74) is 0.432. The molecule has 4 heterocycles. The summed E-state index contributed by atoms with van der Waals surface area (Å²) >= 11 is 1.11. The van der Waals surface area contributed by atoms with Gasteiger partial charge in [0, 0.05) is 24.2 Å². The lowest BCUT2D eigenvalue weighted by Crippen LogP contribution is -2.42. The zero-order valence-electron chi connectivity index (χ0n) is 15.7. The molecular formula is C19H21N3O4S2. The summed E-state index contributed by atoms with van der Waals surface area (Å²) in [5.74, 6) is -0.200. The number of hydrogen-bond donors (Lipinski definition) is 0. The second-order valence-corrected chi connectivity index (χ2v) is 10.9. The molecular weight excluding hydrogens is 398 g/mol. The van der Waals surface area contributed by atoms with E-state index in [9.17, 15) is 18.0 Å². The normalized spacial score (nSPS) is 23.3. The number of rotatable bonds is 4. The van der Waals surface area contributed by atoms with Gasteiger partial charge in [-0.1, -0.05) is 13.8 Å². The highest BCUT2D eigenvalue weighted by Crippen LogP contribution is 2.31. The van der Waals surface area contributed by atoms with Gasteiger partial charge in [-0.3, -0.25) is 19.5 Å². The minimum Gasteiger partial charge on any atom is -0.268 e. The largest absolute Gasteiger partial charge is 0.280 e. The van der Waals surface area contributed by atoms with Crippen molar-refractivity contribution in [2.24, 2.45) is 11.8 Å². The summed E-state index contributed by atoms with van der Waals surface area (Å²) < 4.78 is 27.8. The van der Waals surface area contributed by atoms with Crippen molar-refractivity contribution in [1.82, 2.24) is 14.2 Å². The monoisotopic (exact) mass is 419 g/mol. The average Bonchev–Trinajstić information content (AvgIpc) is 3.21. The third kappa shape index (κ3) is 3.27. The van der Waals surface area contributed by atoms with Crippen LogP contribution in [0.15, 0.2) is 34.7 Å². The minimum absolute atomic E-state index is 0.0427. The molecule has 4 rings (SSSR count). The van der Waals surface area contributed by atoms with Crippen LogP contribution < -0.4 is 0 Å². The number of pyridine rings is 1. The number of carbonyl (C=O) groups excluding carboxylic acids is 2. The van der Waals surface area contributed by atoms with Crippen LogP contribution in [0, 0.1) is 11.8 Å². The summed E-state index contributed by atoms with van der Waals surface area (Å²) in [6.07, 6.45) is 2.50. The van der Waals surface area contributed by atoms with E-state index in [1.54, 1.807) is 28.6 Å². The van der Waals surface area contributed by atoms with E-state index >= 15 is 0 Å². The zero-order chi connectivity index (χ0) is 20.1. The Bertz CT molecular complexity index is 1000. The Morgan fingerprint density at radius 2 is 1.82 bits per heavy atom. The van der Waals surface area contributed by atoms with Crippen LogP contribution in [0.1, 0.15) is 46.0 Å². The summed E-state index contributed by atoms with van der Waals surface area (Å²) in [5, 5.41) is 0. The van der Waals surface area contributed by atoms with Crippen LogP contribution in [-0.2, 0) is 16.6 Å². The molecule has 9 heteroatoms. The number of imide groups is 1. The zero-order valence-corrected chi connectivity index (χ0v) is 17.3. The lowest BCUT2D eigenvalue weighted by Gasteiger charge is -2.33. The summed E-state index contributed by atoms with van der Waals surface area (Å²) in [6, 6.07) is 6.43. The molecule has 0 N–H and O–H groups in total. The number of nitrogens with zero attached hydrogens (tertiary/aromatic N) is 3. The standard InChI is InChI=1S/C19H21N3O4S2/c1-12-8-13(2)10-21(9-12)28(25,26)16-6-5-14(27-16)11-22-18(23)15-4-3-7-20-17(15)19(22)24/h3-7,12-13H,8-11H2,1-2H3/t12-,13-/m0/s1.